The van der Waals surface area contributed by atoms with Crippen molar-refractivity contribution >= 4 is 5.97 Å². The number of benzene rings is 2. The number of ether oxygens (including phenoxy) is 2. The third-order valence-corrected chi connectivity index (χ3v) is 3.49. The van der Waals surface area contributed by atoms with E-state index < -0.39 is 0 Å². The van der Waals surface area contributed by atoms with E-state index in [1.807, 2.05) is 24.3 Å². The van der Waals surface area contributed by atoms with Crippen LogP contribution >= 0.6 is 0 Å². The van der Waals surface area contributed by atoms with Crippen molar-refractivity contribution in [3.63, 3.8) is 0 Å². The summed E-state index contributed by atoms with van der Waals surface area (Å²) in [4.78, 5) is 11.7. The maximum absolute atomic E-state index is 11.7. The summed E-state index contributed by atoms with van der Waals surface area (Å²) in [7, 11) is 1.62. The van der Waals surface area contributed by atoms with Crippen LogP contribution in [0, 0.1) is 0 Å². The normalized spacial score (nSPS) is 17.2. The Morgan fingerprint density at radius 2 is 1.95 bits per heavy atom. The van der Waals surface area contributed by atoms with Crippen LogP contribution in [0.4, 0.5) is 0 Å². The highest BCUT2D eigenvalue weighted by Crippen LogP contribution is 2.40. The maximum atomic E-state index is 11.7. The second kappa shape index (κ2) is 4.89. The molecule has 0 spiro atoms. The largest absolute Gasteiger partial charge is 0.508 e. The minimum atomic E-state index is -0.288. The van der Waals surface area contributed by atoms with Crippen molar-refractivity contribution in [2.24, 2.45) is 0 Å². The molecule has 1 aliphatic heterocycles. The lowest BCUT2D eigenvalue weighted by Crippen LogP contribution is -2.20. The van der Waals surface area contributed by atoms with Crippen LogP contribution in [-0.2, 0) is 4.79 Å². The number of phenolic OH excluding ortho intramolecular Hbond substituents is 1. The van der Waals surface area contributed by atoms with Crippen molar-refractivity contribution in [2.45, 2.75) is 12.3 Å². The van der Waals surface area contributed by atoms with Gasteiger partial charge in [-0.1, -0.05) is 18.2 Å². The summed E-state index contributed by atoms with van der Waals surface area (Å²) >= 11 is 0. The van der Waals surface area contributed by atoms with Gasteiger partial charge in [0.2, 0.25) is 0 Å². The van der Waals surface area contributed by atoms with Crippen molar-refractivity contribution < 1.29 is 19.4 Å². The summed E-state index contributed by atoms with van der Waals surface area (Å²) in [5.41, 5.74) is 1.93. The SMILES string of the molecule is COc1ccc([C@@H]2CC(=O)Oc3cc(O)ccc32)cc1. The molecule has 4 heteroatoms. The first-order chi connectivity index (χ1) is 9.67. The number of phenols is 1. The molecule has 102 valence electrons. The van der Waals surface area contributed by atoms with Gasteiger partial charge in [-0.2, -0.15) is 0 Å². The standard InChI is InChI=1S/C16H14O4/c1-19-12-5-2-10(3-6-12)14-9-16(18)20-15-8-11(17)4-7-13(14)15/h2-8,14,17H,9H2,1H3/t14-/m0/s1. The van der Waals surface area contributed by atoms with Gasteiger partial charge in [0.15, 0.2) is 0 Å². The van der Waals surface area contributed by atoms with Crippen molar-refractivity contribution in [3.05, 3.63) is 53.6 Å². The fourth-order valence-electron chi connectivity index (χ4n) is 2.47. The molecule has 0 unspecified atom stereocenters. The highest BCUT2D eigenvalue weighted by Gasteiger charge is 2.28. The quantitative estimate of drug-likeness (QED) is 0.673. The molecule has 1 heterocycles. The van der Waals surface area contributed by atoms with Crippen LogP contribution in [0.1, 0.15) is 23.5 Å². The molecule has 0 radical (unpaired) electrons. The van der Waals surface area contributed by atoms with Gasteiger partial charge in [0.05, 0.1) is 13.5 Å². The average molecular weight is 270 g/mol. The lowest BCUT2D eigenvalue weighted by atomic mass is 9.86. The molecular formula is C16H14O4. The van der Waals surface area contributed by atoms with Gasteiger partial charge in [0, 0.05) is 17.5 Å². The van der Waals surface area contributed by atoms with Crippen molar-refractivity contribution in [2.75, 3.05) is 7.11 Å². The number of carbonyl (C=O) groups is 1. The molecule has 2 aromatic carbocycles. The summed E-state index contributed by atoms with van der Waals surface area (Å²) in [5.74, 6) is 0.953. The summed E-state index contributed by atoms with van der Waals surface area (Å²) in [5, 5.41) is 9.49. The van der Waals surface area contributed by atoms with Crippen molar-refractivity contribution in [1.82, 2.24) is 0 Å². The van der Waals surface area contributed by atoms with Crippen LogP contribution in [0.2, 0.25) is 0 Å². The molecule has 1 N–H and O–H groups in total. The first kappa shape index (κ1) is 12.5. The second-order valence-corrected chi connectivity index (χ2v) is 4.73. The van der Waals surface area contributed by atoms with Crippen LogP contribution in [0.3, 0.4) is 0 Å². The number of carbonyl (C=O) groups excluding carboxylic acids is 1. The van der Waals surface area contributed by atoms with E-state index in [4.69, 9.17) is 9.47 Å². The van der Waals surface area contributed by atoms with E-state index in [-0.39, 0.29) is 17.6 Å². The van der Waals surface area contributed by atoms with Crippen LogP contribution in [0.25, 0.3) is 0 Å². The lowest BCUT2D eigenvalue weighted by molar-refractivity contribution is -0.135. The summed E-state index contributed by atoms with van der Waals surface area (Å²) < 4.78 is 10.3. The Balaban J connectivity index is 2.03. The van der Waals surface area contributed by atoms with Crippen LogP contribution in [0.5, 0.6) is 17.2 Å². The van der Waals surface area contributed by atoms with Gasteiger partial charge in [-0.3, -0.25) is 4.79 Å². The lowest BCUT2D eigenvalue weighted by Gasteiger charge is -2.25. The predicted octanol–water partition coefficient (Wildman–Crippen LogP) is 2.84. The monoisotopic (exact) mass is 270 g/mol. The Hall–Kier alpha value is -2.49. The van der Waals surface area contributed by atoms with Gasteiger partial charge in [-0.05, 0) is 23.8 Å². The topological polar surface area (TPSA) is 55.8 Å². The van der Waals surface area contributed by atoms with E-state index in [0.29, 0.717) is 12.2 Å². The molecule has 0 amide bonds. The van der Waals surface area contributed by atoms with E-state index in [1.54, 1.807) is 19.2 Å². The molecule has 0 fully saturated rings. The summed E-state index contributed by atoms with van der Waals surface area (Å²) in [6.07, 6.45) is 0.296. The Morgan fingerprint density at radius 1 is 1.20 bits per heavy atom. The van der Waals surface area contributed by atoms with Gasteiger partial charge in [0.1, 0.15) is 17.2 Å². The number of hydrogen-bond donors (Lipinski definition) is 1. The zero-order valence-corrected chi connectivity index (χ0v) is 11.0. The molecule has 4 nitrogen and oxygen atoms in total. The molecule has 1 atom stereocenters. The van der Waals surface area contributed by atoms with Gasteiger partial charge in [-0.25, -0.2) is 0 Å². The minimum Gasteiger partial charge on any atom is -0.508 e. The number of hydrogen-bond acceptors (Lipinski definition) is 4. The van der Waals surface area contributed by atoms with E-state index in [2.05, 4.69) is 0 Å². The second-order valence-electron chi connectivity index (χ2n) is 4.73. The van der Waals surface area contributed by atoms with Gasteiger partial charge in [-0.15, -0.1) is 0 Å². The minimum absolute atomic E-state index is 0.0576. The van der Waals surface area contributed by atoms with Crippen molar-refractivity contribution in [1.29, 1.82) is 0 Å². The fourth-order valence-corrected chi connectivity index (χ4v) is 2.47. The molecule has 0 aromatic heterocycles. The van der Waals surface area contributed by atoms with E-state index >= 15 is 0 Å². The first-order valence-corrected chi connectivity index (χ1v) is 6.35. The average Bonchev–Trinajstić information content (AvgIpc) is 2.46. The molecule has 0 aliphatic carbocycles. The maximum Gasteiger partial charge on any atom is 0.312 e. The molecule has 3 rings (SSSR count). The van der Waals surface area contributed by atoms with Gasteiger partial charge >= 0.3 is 5.97 Å². The zero-order valence-electron chi connectivity index (χ0n) is 11.0. The highest BCUT2D eigenvalue weighted by atomic mass is 16.5. The molecule has 0 saturated heterocycles. The Labute approximate surface area is 116 Å². The van der Waals surface area contributed by atoms with E-state index in [9.17, 15) is 9.90 Å². The van der Waals surface area contributed by atoms with Crippen LogP contribution in [-0.4, -0.2) is 18.2 Å². The Kier molecular flexibility index (Phi) is 3.06. The molecule has 0 bridgehead atoms. The number of methoxy groups -OCH3 is 1. The number of fused-ring (bicyclic) bond motifs is 1. The number of esters is 1. The molecule has 20 heavy (non-hydrogen) atoms. The number of aromatic hydroxyl groups is 1. The molecule has 2 aromatic rings. The van der Waals surface area contributed by atoms with Crippen LogP contribution < -0.4 is 9.47 Å². The number of rotatable bonds is 2. The van der Waals surface area contributed by atoms with Gasteiger partial charge in [0.25, 0.3) is 0 Å². The molecular weight excluding hydrogens is 256 g/mol. The smallest absolute Gasteiger partial charge is 0.312 e. The fraction of sp³-hybridized carbons (Fsp3) is 0.188. The summed E-state index contributed by atoms with van der Waals surface area (Å²) in [6, 6.07) is 12.5. The van der Waals surface area contributed by atoms with Gasteiger partial charge < -0.3 is 14.6 Å². The van der Waals surface area contributed by atoms with E-state index in [1.165, 1.54) is 6.07 Å². The third kappa shape index (κ3) is 2.20. The zero-order chi connectivity index (χ0) is 14.1. The highest BCUT2D eigenvalue weighted by molar-refractivity contribution is 5.78. The van der Waals surface area contributed by atoms with E-state index in [0.717, 1.165) is 16.9 Å². The Bertz CT molecular complexity index is 646. The molecule has 1 aliphatic rings. The first-order valence-electron chi connectivity index (χ1n) is 6.35. The van der Waals surface area contributed by atoms with Crippen LogP contribution in [0.15, 0.2) is 42.5 Å². The summed E-state index contributed by atoms with van der Waals surface area (Å²) in [6.45, 7) is 0. The van der Waals surface area contributed by atoms with Crippen molar-refractivity contribution in [3.8, 4) is 17.2 Å². The molecule has 0 saturated carbocycles. The third-order valence-electron chi connectivity index (χ3n) is 3.49. The predicted molar refractivity (Wildman–Crippen MR) is 73.2 cm³/mol. The Morgan fingerprint density at radius 3 is 2.65 bits per heavy atom.